The van der Waals surface area contributed by atoms with Crippen molar-refractivity contribution in [3.8, 4) is 5.75 Å². The van der Waals surface area contributed by atoms with Crippen LogP contribution >= 0.6 is 0 Å². The number of benzene rings is 1. The minimum absolute atomic E-state index is 0.0418. The first kappa shape index (κ1) is 12.9. The molecule has 2 rings (SSSR count). The molecule has 3 heteroatoms. The maximum atomic E-state index is 11.8. The SMILES string of the molecule is CC1CCC(CNC(=O)Cc2cccc(O)c2)C1. The van der Waals surface area contributed by atoms with E-state index in [1.54, 1.807) is 18.2 Å². The summed E-state index contributed by atoms with van der Waals surface area (Å²) in [6.45, 7) is 3.07. The molecule has 1 aliphatic carbocycles. The summed E-state index contributed by atoms with van der Waals surface area (Å²) in [4.78, 5) is 11.8. The second kappa shape index (κ2) is 5.89. The van der Waals surface area contributed by atoms with Gasteiger partial charge in [-0.2, -0.15) is 0 Å². The molecule has 2 N–H and O–H groups in total. The Morgan fingerprint density at radius 2 is 2.28 bits per heavy atom. The lowest BCUT2D eigenvalue weighted by atomic mass is 10.1. The van der Waals surface area contributed by atoms with Crippen LogP contribution in [0.3, 0.4) is 0 Å². The molecule has 1 fully saturated rings. The summed E-state index contributed by atoms with van der Waals surface area (Å²) < 4.78 is 0. The van der Waals surface area contributed by atoms with E-state index in [2.05, 4.69) is 12.2 Å². The van der Waals surface area contributed by atoms with Crippen molar-refractivity contribution in [2.75, 3.05) is 6.54 Å². The molecule has 1 aromatic rings. The van der Waals surface area contributed by atoms with E-state index >= 15 is 0 Å². The highest BCUT2D eigenvalue weighted by Gasteiger charge is 2.21. The Labute approximate surface area is 108 Å². The van der Waals surface area contributed by atoms with Crippen LogP contribution in [-0.2, 0) is 11.2 Å². The van der Waals surface area contributed by atoms with E-state index in [0.29, 0.717) is 12.3 Å². The number of aromatic hydroxyl groups is 1. The van der Waals surface area contributed by atoms with Gasteiger partial charge in [-0.05, 0) is 42.4 Å². The lowest BCUT2D eigenvalue weighted by molar-refractivity contribution is -0.120. The molecule has 0 aromatic heterocycles. The average molecular weight is 247 g/mol. The Kier molecular flexibility index (Phi) is 4.24. The fourth-order valence-electron chi connectivity index (χ4n) is 2.68. The Morgan fingerprint density at radius 1 is 1.44 bits per heavy atom. The van der Waals surface area contributed by atoms with Crippen molar-refractivity contribution in [2.45, 2.75) is 32.6 Å². The van der Waals surface area contributed by atoms with Gasteiger partial charge in [-0.25, -0.2) is 0 Å². The van der Waals surface area contributed by atoms with Gasteiger partial charge in [-0.15, -0.1) is 0 Å². The lowest BCUT2D eigenvalue weighted by Crippen LogP contribution is -2.29. The fraction of sp³-hybridized carbons (Fsp3) is 0.533. The molecule has 0 saturated heterocycles. The molecule has 0 bridgehead atoms. The number of phenols is 1. The molecule has 1 saturated carbocycles. The van der Waals surface area contributed by atoms with Crippen LogP contribution in [0.5, 0.6) is 5.75 Å². The fourth-order valence-corrected chi connectivity index (χ4v) is 2.68. The first-order chi connectivity index (χ1) is 8.63. The molecule has 1 aromatic carbocycles. The zero-order valence-electron chi connectivity index (χ0n) is 10.9. The summed E-state index contributed by atoms with van der Waals surface area (Å²) in [5, 5.41) is 12.3. The van der Waals surface area contributed by atoms with Crippen molar-refractivity contribution in [3.63, 3.8) is 0 Å². The van der Waals surface area contributed by atoms with E-state index in [1.165, 1.54) is 19.3 Å². The molecule has 0 aliphatic heterocycles. The van der Waals surface area contributed by atoms with E-state index in [-0.39, 0.29) is 11.7 Å². The van der Waals surface area contributed by atoms with E-state index in [1.807, 2.05) is 6.07 Å². The number of hydrogen-bond acceptors (Lipinski definition) is 2. The van der Waals surface area contributed by atoms with Gasteiger partial charge in [0.2, 0.25) is 5.91 Å². The first-order valence-corrected chi connectivity index (χ1v) is 6.68. The van der Waals surface area contributed by atoms with Crippen molar-refractivity contribution in [1.29, 1.82) is 0 Å². The minimum Gasteiger partial charge on any atom is -0.508 e. The zero-order chi connectivity index (χ0) is 13.0. The third kappa shape index (κ3) is 3.76. The molecular weight excluding hydrogens is 226 g/mol. The Bertz CT molecular complexity index is 417. The van der Waals surface area contributed by atoms with Crippen LogP contribution in [0.1, 0.15) is 31.7 Å². The van der Waals surface area contributed by atoms with Crippen LogP contribution in [0.25, 0.3) is 0 Å². The van der Waals surface area contributed by atoms with Crippen LogP contribution in [0.15, 0.2) is 24.3 Å². The number of carbonyl (C=O) groups is 1. The Morgan fingerprint density at radius 3 is 2.94 bits per heavy atom. The van der Waals surface area contributed by atoms with Gasteiger partial charge >= 0.3 is 0 Å². The number of amides is 1. The van der Waals surface area contributed by atoms with Crippen molar-refractivity contribution in [1.82, 2.24) is 5.32 Å². The van der Waals surface area contributed by atoms with Crippen LogP contribution in [0, 0.1) is 11.8 Å². The lowest BCUT2D eigenvalue weighted by Gasteiger charge is -2.11. The van der Waals surface area contributed by atoms with Gasteiger partial charge in [0.05, 0.1) is 6.42 Å². The quantitative estimate of drug-likeness (QED) is 0.858. The average Bonchev–Trinajstić information content (AvgIpc) is 2.73. The predicted molar refractivity (Wildman–Crippen MR) is 71.3 cm³/mol. The smallest absolute Gasteiger partial charge is 0.224 e. The summed E-state index contributed by atoms with van der Waals surface area (Å²) in [6, 6.07) is 6.87. The molecule has 18 heavy (non-hydrogen) atoms. The Balaban J connectivity index is 1.75. The maximum absolute atomic E-state index is 11.8. The van der Waals surface area contributed by atoms with Crippen LogP contribution in [0.4, 0.5) is 0 Å². The third-order valence-electron chi connectivity index (χ3n) is 3.67. The van der Waals surface area contributed by atoms with Crippen LogP contribution < -0.4 is 5.32 Å². The zero-order valence-corrected chi connectivity index (χ0v) is 10.9. The second-order valence-electron chi connectivity index (χ2n) is 5.44. The van der Waals surface area contributed by atoms with Crippen molar-refractivity contribution >= 4 is 5.91 Å². The number of rotatable bonds is 4. The standard InChI is InChI=1S/C15H21NO2/c1-11-5-6-13(7-11)10-16-15(18)9-12-3-2-4-14(17)8-12/h2-4,8,11,13,17H,5-7,9-10H2,1H3,(H,16,18). The molecule has 0 heterocycles. The highest BCUT2D eigenvalue weighted by atomic mass is 16.3. The van der Waals surface area contributed by atoms with Crippen molar-refractivity contribution in [2.24, 2.45) is 11.8 Å². The van der Waals surface area contributed by atoms with Crippen LogP contribution in [-0.4, -0.2) is 17.6 Å². The molecule has 0 spiro atoms. The van der Waals surface area contributed by atoms with Gasteiger partial charge in [-0.3, -0.25) is 4.79 Å². The van der Waals surface area contributed by atoms with Crippen LogP contribution in [0.2, 0.25) is 0 Å². The molecule has 3 nitrogen and oxygen atoms in total. The van der Waals surface area contributed by atoms with Gasteiger partial charge in [0, 0.05) is 6.54 Å². The van der Waals surface area contributed by atoms with Gasteiger partial charge in [0.1, 0.15) is 5.75 Å². The summed E-state index contributed by atoms with van der Waals surface area (Å²) in [5.41, 5.74) is 0.854. The molecule has 2 atom stereocenters. The molecule has 0 radical (unpaired) electrons. The number of nitrogens with one attached hydrogen (secondary N) is 1. The molecular formula is C15H21NO2. The first-order valence-electron chi connectivity index (χ1n) is 6.68. The number of carbonyl (C=O) groups excluding carboxylic acids is 1. The number of hydrogen-bond donors (Lipinski definition) is 2. The largest absolute Gasteiger partial charge is 0.508 e. The summed E-state index contributed by atoms with van der Waals surface area (Å²) in [5.74, 6) is 1.70. The highest BCUT2D eigenvalue weighted by Crippen LogP contribution is 2.29. The summed E-state index contributed by atoms with van der Waals surface area (Å²) >= 11 is 0. The third-order valence-corrected chi connectivity index (χ3v) is 3.67. The summed E-state index contributed by atoms with van der Waals surface area (Å²) in [6.07, 6.45) is 4.09. The van der Waals surface area contributed by atoms with E-state index in [0.717, 1.165) is 18.0 Å². The number of phenolic OH excluding ortho intramolecular Hbond substituents is 1. The normalized spacial score (nSPS) is 22.9. The Hall–Kier alpha value is -1.51. The van der Waals surface area contributed by atoms with Gasteiger partial charge < -0.3 is 10.4 Å². The summed E-state index contributed by atoms with van der Waals surface area (Å²) in [7, 11) is 0. The topological polar surface area (TPSA) is 49.3 Å². The molecule has 98 valence electrons. The maximum Gasteiger partial charge on any atom is 0.224 e. The van der Waals surface area contributed by atoms with Gasteiger partial charge in [-0.1, -0.05) is 25.5 Å². The van der Waals surface area contributed by atoms with Crippen molar-refractivity contribution < 1.29 is 9.90 Å². The van der Waals surface area contributed by atoms with E-state index in [9.17, 15) is 9.90 Å². The predicted octanol–water partition coefficient (Wildman–Crippen LogP) is 2.49. The highest BCUT2D eigenvalue weighted by molar-refractivity contribution is 5.78. The van der Waals surface area contributed by atoms with Crippen molar-refractivity contribution in [3.05, 3.63) is 29.8 Å². The minimum atomic E-state index is 0.0418. The van der Waals surface area contributed by atoms with E-state index in [4.69, 9.17) is 0 Å². The monoisotopic (exact) mass is 247 g/mol. The molecule has 1 amide bonds. The van der Waals surface area contributed by atoms with E-state index < -0.39 is 0 Å². The molecule has 1 aliphatic rings. The second-order valence-corrected chi connectivity index (χ2v) is 5.44. The van der Waals surface area contributed by atoms with Gasteiger partial charge in [0.25, 0.3) is 0 Å². The molecule has 2 unspecified atom stereocenters. The van der Waals surface area contributed by atoms with Gasteiger partial charge in [0.15, 0.2) is 0 Å².